The van der Waals surface area contributed by atoms with Crippen LogP contribution in [-0.4, -0.2) is 42.0 Å². The van der Waals surface area contributed by atoms with Gasteiger partial charge in [0.25, 0.3) is 11.6 Å². The van der Waals surface area contributed by atoms with Crippen LogP contribution >= 0.6 is 11.6 Å². The number of nitro benzene ring substituents is 1. The fraction of sp³-hybridized carbons (Fsp3) is 0.500. The van der Waals surface area contributed by atoms with Crippen LogP contribution in [0.4, 0.5) is 5.69 Å². The number of methoxy groups -OCH3 is 1. The summed E-state index contributed by atoms with van der Waals surface area (Å²) in [4.78, 5) is 24.3. The van der Waals surface area contributed by atoms with Gasteiger partial charge in [-0.15, -0.1) is 0 Å². The predicted molar refractivity (Wildman–Crippen MR) is 78.6 cm³/mol. The molecule has 1 aromatic rings. The van der Waals surface area contributed by atoms with Crippen molar-refractivity contribution in [1.29, 1.82) is 0 Å². The van der Waals surface area contributed by atoms with E-state index in [4.69, 9.17) is 16.3 Å². The van der Waals surface area contributed by atoms with E-state index in [9.17, 15) is 14.9 Å². The molecule has 6 nitrogen and oxygen atoms in total. The van der Waals surface area contributed by atoms with Gasteiger partial charge in [-0.05, 0) is 24.5 Å². The van der Waals surface area contributed by atoms with Crippen molar-refractivity contribution in [1.82, 2.24) is 4.90 Å². The molecule has 21 heavy (non-hydrogen) atoms. The third-order valence-electron chi connectivity index (χ3n) is 3.87. The third-order valence-corrected chi connectivity index (χ3v) is 4.17. The fourth-order valence-corrected chi connectivity index (χ4v) is 2.75. The van der Waals surface area contributed by atoms with Crippen molar-refractivity contribution < 1.29 is 14.5 Å². The van der Waals surface area contributed by atoms with Gasteiger partial charge in [-0.1, -0.05) is 18.5 Å². The quantitative estimate of drug-likeness (QED) is 0.635. The topological polar surface area (TPSA) is 72.7 Å². The molecule has 1 aromatic carbocycles. The molecule has 1 saturated heterocycles. The highest BCUT2D eigenvalue weighted by molar-refractivity contribution is 6.33. The number of ether oxygens (including phenoxy) is 1. The SMILES string of the molecule is COC1CN(C(=O)c2ccc([N+](=O)[O-])c(Cl)c2)CCC1C. The van der Waals surface area contributed by atoms with Crippen molar-refractivity contribution in [3.8, 4) is 0 Å². The van der Waals surface area contributed by atoms with Crippen molar-refractivity contribution in [2.75, 3.05) is 20.2 Å². The second-order valence-corrected chi connectivity index (χ2v) is 5.62. The van der Waals surface area contributed by atoms with E-state index in [1.165, 1.54) is 18.2 Å². The Morgan fingerprint density at radius 1 is 1.52 bits per heavy atom. The van der Waals surface area contributed by atoms with Gasteiger partial charge >= 0.3 is 0 Å². The Kier molecular flexibility index (Phi) is 4.80. The molecule has 114 valence electrons. The van der Waals surface area contributed by atoms with E-state index in [-0.39, 0.29) is 22.7 Å². The number of rotatable bonds is 3. The predicted octanol–water partition coefficient (Wildman–Crippen LogP) is 2.75. The van der Waals surface area contributed by atoms with Gasteiger partial charge in [0.1, 0.15) is 5.02 Å². The molecule has 0 spiro atoms. The number of carbonyl (C=O) groups is 1. The molecular formula is C14H17ClN2O4. The summed E-state index contributed by atoms with van der Waals surface area (Å²) in [5, 5.41) is 10.7. The van der Waals surface area contributed by atoms with Crippen LogP contribution in [0.25, 0.3) is 0 Å². The number of hydrogen-bond donors (Lipinski definition) is 0. The second-order valence-electron chi connectivity index (χ2n) is 5.21. The van der Waals surface area contributed by atoms with Crippen LogP contribution in [0.2, 0.25) is 5.02 Å². The Bertz CT molecular complexity index is 564. The Labute approximate surface area is 127 Å². The summed E-state index contributed by atoms with van der Waals surface area (Å²) in [6.45, 7) is 3.26. The maximum absolute atomic E-state index is 12.4. The number of hydrogen-bond acceptors (Lipinski definition) is 4. The van der Waals surface area contributed by atoms with Crippen molar-refractivity contribution in [3.63, 3.8) is 0 Å². The van der Waals surface area contributed by atoms with E-state index < -0.39 is 4.92 Å². The molecule has 0 aromatic heterocycles. The zero-order valence-electron chi connectivity index (χ0n) is 11.9. The Morgan fingerprint density at radius 2 is 2.24 bits per heavy atom. The summed E-state index contributed by atoms with van der Waals surface area (Å²) in [5.41, 5.74) is 0.158. The lowest BCUT2D eigenvalue weighted by atomic mass is 9.95. The highest BCUT2D eigenvalue weighted by Gasteiger charge is 2.29. The molecule has 2 atom stereocenters. The number of benzene rings is 1. The minimum atomic E-state index is -0.569. The van der Waals surface area contributed by atoms with Crippen LogP contribution < -0.4 is 0 Å². The summed E-state index contributed by atoms with van der Waals surface area (Å²) in [6.07, 6.45) is 0.876. The largest absolute Gasteiger partial charge is 0.379 e. The van der Waals surface area contributed by atoms with E-state index in [0.717, 1.165) is 6.42 Å². The number of nitro groups is 1. The highest BCUT2D eigenvalue weighted by atomic mass is 35.5. The molecule has 1 amide bonds. The molecule has 1 fully saturated rings. The van der Waals surface area contributed by atoms with Crippen molar-refractivity contribution in [2.45, 2.75) is 19.4 Å². The lowest BCUT2D eigenvalue weighted by Gasteiger charge is -2.36. The molecule has 0 aliphatic carbocycles. The van der Waals surface area contributed by atoms with Crippen LogP contribution in [0.3, 0.4) is 0 Å². The molecule has 7 heteroatoms. The second kappa shape index (κ2) is 6.41. The molecule has 1 aliphatic heterocycles. The maximum atomic E-state index is 12.4. The number of likely N-dealkylation sites (tertiary alicyclic amines) is 1. The summed E-state index contributed by atoms with van der Waals surface area (Å²) >= 11 is 5.85. The Morgan fingerprint density at radius 3 is 2.81 bits per heavy atom. The minimum absolute atomic E-state index is 0.0104. The lowest BCUT2D eigenvalue weighted by Crippen LogP contribution is -2.46. The van der Waals surface area contributed by atoms with Crippen LogP contribution in [0.5, 0.6) is 0 Å². The molecule has 1 heterocycles. The number of amides is 1. The van der Waals surface area contributed by atoms with Crippen LogP contribution in [0.15, 0.2) is 18.2 Å². The molecule has 0 N–H and O–H groups in total. The molecule has 1 aliphatic rings. The molecule has 2 unspecified atom stereocenters. The number of piperidine rings is 1. The van der Waals surface area contributed by atoms with Gasteiger partial charge in [-0.2, -0.15) is 0 Å². The first-order chi connectivity index (χ1) is 9.93. The van der Waals surface area contributed by atoms with Gasteiger partial charge in [0.15, 0.2) is 0 Å². The summed E-state index contributed by atoms with van der Waals surface area (Å²) < 4.78 is 5.38. The average molecular weight is 313 g/mol. The van der Waals surface area contributed by atoms with Crippen molar-refractivity contribution in [3.05, 3.63) is 38.9 Å². The minimum Gasteiger partial charge on any atom is -0.379 e. The first-order valence-corrected chi connectivity index (χ1v) is 7.08. The van der Waals surface area contributed by atoms with E-state index >= 15 is 0 Å². The number of halogens is 1. The van der Waals surface area contributed by atoms with Gasteiger partial charge in [0.05, 0.1) is 11.0 Å². The van der Waals surface area contributed by atoms with Crippen LogP contribution in [0.1, 0.15) is 23.7 Å². The lowest BCUT2D eigenvalue weighted by molar-refractivity contribution is -0.384. The Balaban J connectivity index is 2.17. The normalized spacial score (nSPS) is 22.1. The zero-order chi connectivity index (χ0) is 15.6. The highest BCUT2D eigenvalue weighted by Crippen LogP contribution is 2.27. The van der Waals surface area contributed by atoms with Gasteiger partial charge < -0.3 is 9.64 Å². The van der Waals surface area contributed by atoms with Crippen molar-refractivity contribution in [2.24, 2.45) is 5.92 Å². The third kappa shape index (κ3) is 3.33. The number of carbonyl (C=O) groups excluding carboxylic acids is 1. The molecule has 2 rings (SSSR count). The van der Waals surface area contributed by atoms with Gasteiger partial charge in [0.2, 0.25) is 0 Å². The number of nitrogens with zero attached hydrogens (tertiary/aromatic N) is 2. The van der Waals surface area contributed by atoms with E-state index in [2.05, 4.69) is 6.92 Å². The molecule has 0 bridgehead atoms. The van der Waals surface area contributed by atoms with Gasteiger partial charge in [-0.3, -0.25) is 14.9 Å². The standard InChI is InChI=1S/C14H17ClN2O4/c1-9-5-6-16(8-13(9)21-2)14(18)10-3-4-12(17(19)20)11(15)7-10/h3-4,7,9,13H,5-6,8H2,1-2H3. The summed E-state index contributed by atoms with van der Waals surface area (Å²) in [6, 6.07) is 4.05. The fourth-order valence-electron chi connectivity index (χ4n) is 2.50. The molecular weight excluding hydrogens is 296 g/mol. The van der Waals surface area contributed by atoms with E-state index in [0.29, 0.717) is 24.6 Å². The summed E-state index contributed by atoms with van der Waals surface area (Å²) in [7, 11) is 1.64. The van der Waals surface area contributed by atoms with Gasteiger partial charge in [0, 0.05) is 31.8 Å². The first kappa shape index (κ1) is 15.7. The molecule has 0 radical (unpaired) electrons. The van der Waals surface area contributed by atoms with E-state index in [1.807, 2.05) is 0 Å². The van der Waals surface area contributed by atoms with Crippen molar-refractivity contribution >= 4 is 23.2 Å². The molecule has 0 saturated carbocycles. The monoisotopic (exact) mass is 312 g/mol. The van der Waals surface area contributed by atoms with E-state index in [1.54, 1.807) is 12.0 Å². The smallest absolute Gasteiger partial charge is 0.287 e. The summed E-state index contributed by atoms with van der Waals surface area (Å²) in [5.74, 6) is 0.222. The first-order valence-electron chi connectivity index (χ1n) is 6.70. The Hall–Kier alpha value is -1.66. The zero-order valence-corrected chi connectivity index (χ0v) is 12.7. The van der Waals surface area contributed by atoms with Crippen LogP contribution in [0, 0.1) is 16.0 Å². The maximum Gasteiger partial charge on any atom is 0.287 e. The average Bonchev–Trinajstić information content (AvgIpc) is 2.46. The van der Waals surface area contributed by atoms with Crippen LogP contribution in [-0.2, 0) is 4.74 Å². The van der Waals surface area contributed by atoms with Gasteiger partial charge in [-0.25, -0.2) is 0 Å².